The zero-order valence-corrected chi connectivity index (χ0v) is 10.1. The van der Waals surface area contributed by atoms with Crippen LogP contribution in [0.15, 0.2) is 24.3 Å². The molecule has 0 atom stereocenters. The normalized spacial score (nSPS) is 11.1. The summed E-state index contributed by atoms with van der Waals surface area (Å²) in [5.74, 6) is 0.975. The Morgan fingerprint density at radius 2 is 1.87 bits per heavy atom. The first-order valence-corrected chi connectivity index (χ1v) is 5.62. The minimum Gasteiger partial charge on any atom is -0.299 e. The van der Waals surface area contributed by atoms with Gasteiger partial charge in [-0.15, -0.1) is 0 Å². The summed E-state index contributed by atoms with van der Waals surface area (Å²) < 4.78 is 0. The zero-order valence-electron chi connectivity index (χ0n) is 10.1. The maximum atomic E-state index is 11.6. The van der Waals surface area contributed by atoms with Gasteiger partial charge in [-0.1, -0.05) is 52.0 Å². The van der Waals surface area contributed by atoms with E-state index in [0.29, 0.717) is 18.1 Å². The minimum atomic E-state index is 0.132. The molecule has 1 heteroatoms. The highest BCUT2D eigenvalue weighted by Crippen LogP contribution is 2.16. The molecule has 15 heavy (non-hydrogen) atoms. The molecule has 82 valence electrons. The van der Waals surface area contributed by atoms with Gasteiger partial charge >= 0.3 is 0 Å². The van der Waals surface area contributed by atoms with Crippen LogP contribution in [0.1, 0.15) is 44.7 Å². The molecule has 0 radical (unpaired) electrons. The summed E-state index contributed by atoms with van der Waals surface area (Å²) in [7, 11) is 0. The van der Waals surface area contributed by atoms with E-state index in [9.17, 15) is 4.79 Å². The number of hydrogen-bond donors (Lipinski definition) is 0. The molecule has 0 spiro atoms. The van der Waals surface area contributed by atoms with Crippen LogP contribution >= 0.6 is 0 Å². The molecule has 0 heterocycles. The summed E-state index contributed by atoms with van der Waals surface area (Å²) in [6.07, 6.45) is 0.568. The van der Waals surface area contributed by atoms with Gasteiger partial charge in [-0.25, -0.2) is 0 Å². The lowest BCUT2D eigenvalue weighted by atomic mass is 9.96. The number of benzene rings is 1. The average molecular weight is 204 g/mol. The Kier molecular flexibility index (Phi) is 4.07. The number of Topliss-reactive ketones (excluding diaryl/α,β-unsaturated/α-hetero) is 1. The van der Waals surface area contributed by atoms with Gasteiger partial charge in [-0.2, -0.15) is 0 Å². The van der Waals surface area contributed by atoms with Crippen molar-refractivity contribution in [2.75, 3.05) is 0 Å². The van der Waals surface area contributed by atoms with Gasteiger partial charge in [-0.3, -0.25) is 4.79 Å². The van der Waals surface area contributed by atoms with Crippen LogP contribution in [0.2, 0.25) is 0 Å². The molecule has 0 amide bonds. The van der Waals surface area contributed by atoms with Crippen molar-refractivity contribution in [2.24, 2.45) is 5.92 Å². The molecule has 0 fully saturated rings. The van der Waals surface area contributed by atoms with Gasteiger partial charge in [0, 0.05) is 12.3 Å². The van der Waals surface area contributed by atoms with Gasteiger partial charge in [-0.05, 0) is 17.0 Å². The fraction of sp³-hybridized carbons (Fsp3) is 0.500. The summed E-state index contributed by atoms with van der Waals surface area (Å²) in [6, 6.07) is 8.34. The lowest BCUT2D eigenvalue weighted by molar-refractivity contribution is -0.121. The molecule has 0 aliphatic heterocycles. The Hall–Kier alpha value is -1.11. The standard InChI is InChI=1S/C14H20O/c1-10(2)13-7-5-6-12(8-13)9-14(15)11(3)4/h5-8,10-11H,9H2,1-4H3. The Balaban J connectivity index is 2.78. The fourth-order valence-corrected chi connectivity index (χ4v) is 1.47. The second kappa shape index (κ2) is 5.11. The van der Waals surface area contributed by atoms with E-state index < -0.39 is 0 Å². The van der Waals surface area contributed by atoms with E-state index >= 15 is 0 Å². The summed E-state index contributed by atoms with van der Waals surface area (Å²) in [5, 5.41) is 0. The topological polar surface area (TPSA) is 17.1 Å². The summed E-state index contributed by atoms with van der Waals surface area (Å²) in [5.41, 5.74) is 2.45. The fourth-order valence-electron chi connectivity index (χ4n) is 1.47. The van der Waals surface area contributed by atoms with E-state index in [1.165, 1.54) is 5.56 Å². The van der Waals surface area contributed by atoms with Crippen molar-refractivity contribution in [1.29, 1.82) is 0 Å². The van der Waals surface area contributed by atoms with E-state index in [2.05, 4.69) is 26.0 Å². The van der Waals surface area contributed by atoms with Gasteiger partial charge in [0.05, 0.1) is 0 Å². The second-order valence-corrected chi connectivity index (χ2v) is 4.70. The SMILES string of the molecule is CC(C)C(=O)Cc1cccc(C(C)C)c1. The molecular formula is C14H20O. The molecule has 0 N–H and O–H groups in total. The molecule has 0 saturated heterocycles. The molecular weight excluding hydrogens is 184 g/mol. The van der Waals surface area contributed by atoms with E-state index in [4.69, 9.17) is 0 Å². The average Bonchev–Trinajstić information content (AvgIpc) is 2.18. The molecule has 0 aliphatic rings. The number of rotatable bonds is 4. The van der Waals surface area contributed by atoms with E-state index in [-0.39, 0.29) is 5.92 Å². The van der Waals surface area contributed by atoms with E-state index in [1.54, 1.807) is 0 Å². The quantitative estimate of drug-likeness (QED) is 0.732. The summed E-state index contributed by atoms with van der Waals surface area (Å²) in [4.78, 5) is 11.6. The predicted molar refractivity (Wildman–Crippen MR) is 64.1 cm³/mol. The Morgan fingerprint density at radius 1 is 1.20 bits per heavy atom. The van der Waals surface area contributed by atoms with Gasteiger partial charge < -0.3 is 0 Å². The highest BCUT2D eigenvalue weighted by Gasteiger charge is 2.08. The highest BCUT2D eigenvalue weighted by molar-refractivity contribution is 5.82. The first kappa shape index (κ1) is 12.0. The second-order valence-electron chi connectivity index (χ2n) is 4.70. The maximum Gasteiger partial charge on any atom is 0.139 e. The Labute approximate surface area is 92.5 Å². The molecule has 1 nitrogen and oxygen atoms in total. The monoisotopic (exact) mass is 204 g/mol. The molecule has 1 aromatic rings. The van der Waals surface area contributed by atoms with Crippen LogP contribution in [0.4, 0.5) is 0 Å². The van der Waals surface area contributed by atoms with Crippen molar-refractivity contribution < 1.29 is 4.79 Å². The van der Waals surface area contributed by atoms with Gasteiger partial charge in [0.1, 0.15) is 5.78 Å². The van der Waals surface area contributed by atoms with Crippen molar-refractivity contribution in [3.05, 3.63) is 35.4 Å². The predicted octanol–water partition coefficient (Wildman–Crippen LogP) is 3.58. The van der Waals surface area contributed by atoms with E-state index in [1.807, 2.05) is 26.0 Å². The smallest absolute Gasteiger partial charge is 0.139 e. The minimum absolute atomic E-state index is 0.132. The summed E-state index contributed by atoms with van der Waals surface area (Å²) >= 11 is 0. The van der Waals surface area contributed by atoms with Crippen LogP contribution in [-0.4, -0.2) is 5.78 Å². The van der Waals surface area contributed by atoms with Crippen molar-refractivity contribution in [1.82, 2.24) is 0 Å². The number of carbonyl (C=O) groups excluding carboxylic acids is 1. The maximum absolute atomic E-state index is 11.6. The van der Waals surface area contributed by atoms with Crippen molar-refractivity contribution in [3.63, 3.8) is 0 Å². The van der Waals surface area contributed by atoms with Crippen molar-refractivity contribution in [2.45, 2.75) is 40.0 Å². The molecule has 0 saturated carbocycles. The van der Waals surface area contributed by atoms with Crippen LogP contribution in [0.5, 0.6) is 0 Å². The first-order chi connectivity index (χ1) is 7.00. The Morgan fingerprint density at radius 3 is 2.40 bits per heavy atom. The van der Waals surface area contributed by atoms with Gasteiger partial charge in [0.15, 0.2) is 0 Å². The molecule has 1 aromatic carbocycles. The third-order valence-corrected chi connectivity index (χ3v) is 2.64. The van der Waals surface area contributed by atoms with Gasteiger partial charge in [0.25, 0.3) is 0 Å². The molecule has 0 aromatic heterocycles. The van der Waals surface area contributed by atoms with Crippen LogP contribution in [0, 0.1) is 5.92 Å². The first-order valence-electron chi connectivity index (χ1n) is 5.62. The lowest BCUT2D eigenvalue weighted by Crippen LogP contribution is -2.10. The largest absolute Gasteiger partial charge is 0.299 e. The van der Waals surface area contributed by atoms with Crippen molar-refractivity contribution >= 4 is 5.78 Å². The molecule has 1 rings (SSSR count). The molecule has 0 unspecified atom stereocenters. The number of hydrogen-bond acceptors (Lipinski definition) is 1. The summed E-state index contributed by atoms with van der Waals surface area (Å²) in [6.45, 7) is 8.25. The van der Waals surface area contributed by atoms with Crippen LogP contribution in [0.25, 0.3) is 0 Å². The third kappa shape index (κ3) is 3.50. The van der Waals surface area contributed by atoms with Gasteiger partial charge in [0.2, 0.25) is 0 Å². The highest BCUT2D eigenvalue weighted by atomic mass is 16.1. The third-order valence-electron chi connectivity index (χ3n) is 2.64. The lowest BCUT2D eigenvalue weighted by Gasteiger charge is -2.08. The van der Waals surface area contributed by atoms with Crippen molar-refractivity contribution in [3.8, 4) is 0 Å². The van der Waals surface area contributed by atoms with E-state index in [0.717, 1.165) is 5.56 Å². The molecule has 0 aliphatic carbocycles. The zero-order chi connectivity index (χ0) is 11.4. The van der Waals surface area contributed by atoms with Crippen LogP contribution in [-0.2, 0) is 11.2 Å². The van der Waals surface area contributed by atoms with Crippen LogP contribution in [0.3, 0.4) is 0 Å². The Bertz CT molecular complexity index is 337. The number of carbonyl (C=O) groups is 1. The number of ketones is 1. The molecule has 0 bridgehead atoms. The van der Waals surface area contributed by atoms with Crippen LogP contribution < -0.4 is 0 Å².